The number of carboxylic acids is 1. The molecule has 2 rings (SSSR count). The number of likely N-dealkylation sites (N-methyl/N-ethyl adjacent to an activating group) is 1. The molecule has 2 atom stereocenters. The third-order valence-electron chi connectivity index (χ3n) is 4.00. The highest BCUT2D eigenvalue weighted by Gasteiger charge is 2.42. The second kappa shape index (κ2) is 4.76. The van der Waals surface area contributed by atoms with Crippen molar-refractivity contribution >= 4 is 12.0 Å². The number of hydrogen-bond donors (Lipinski definition) is 2. The lowest BCUT2D eigenvalue weighted by Gasteiger charge is -2.22. The van der Waals surface area contributed by atoms with Crippen molar-refractivity contribution in [3.8, 4) is 0 Å². The minimum Gasteiger partial charge on any atom is -0.481 e. The van der Waals surface area contributed by atoms with Crippen molar-refractivity contribution in [1.82, 2.24) is 15.1 Å². The summed E-state index contributed by atoms with van der Waals surface area (Å²) in [6.07, 6.45) is 1.49. The molecule has 0 radical (unpaired) electrons. The molecular formula is C12H21N3O3. The molecule has 2 N–H and O–H groups in total. The van der Waals surface area contributed by atoms with Gasteiger partial charge in [0.05, 0.1) is 5.41 Å². The zero-order valence-electron chi connectivity index (χ0n) is 11.0. The van der Waals surface area contributed by atoms with E-state index >= 15 is 0 Å². The number of aliphatic carboxylic acids is 1. The topological polar surface area (TPSA) is 72.9 Å². The molecule has 2 heterocycles. The number of carbonyl (C=O) groups is 2. The second-order valence-corrected chi connectivity index (χ2v) is 5.73. The number of urea groups is 1. The van der Waals surface area contributed by atoms with Crippen LogP contribution in [0.4, 0.5) is 4.79 Å². The molecule has 2 saturated heterocycles. The molecule has 18 heavy (non-hydrogen) atoms. The Morgan fingerprint density at radius 2 is 2.11 bits per heavy atom. The van der Waals surface area contributed by atoms with Crippen molar-refractivity contribution in [3.05, 3.63) is 0 Å². The maximum absolute atomic E-state index is 12.0. The lowest BCUT2D eigenvalue weighted by atomic mass is 9.90. The molecule has 2 amide bonds. The van der Waals surface area contributed by atoms with Crippen molar-refractivity contribution in [2.45, 2.75) is 25.8 Å². The Kier molecular flexibility index (Phi) is 3.47. The van der Waals surface area contributed by atoms with Crippen LogP contribution in [-0.2, 0) is 4.79 Å². The third kappa shape index (κ3) is 2.58. The van der Waals surface area contributed by atoms with E-state index in [2.05, 4.69) is 10.2 Å². The van der Waals surface area contributed by atoms with E-state index in [0.717, 1.165) is 19.5 Å². The van der Waals surface area contributed by atoms with E-state index in [4.69, 9.17) is 5.11 Å². The Labute approximate surface area is 107 Å². The first-order valence-electron chi connectivity index (χ1n) is 6.38. The van der Waals surface area contributed by atoms with Gasteiger partial charge in [0, 0.05) is 25.7 Å². The van der Waals surface area contributed by atoms with Crippen LogP contribution in [0.2, 0.25) is 0 Å². The zero-order valence-corrected chi connectivity index (χ0v) is 11.0. The summed E-state index contributed by atoms with van der Waals surface area (Å²) in [4.78, 5) is 26.9. The Morgan fingerprint density at radius 3 is 2.61 bits per heavy atom. The van der Waals surface area contributed by atoms with E-state index in [9.17, 15) is 9.59 Å². The predicted molar refractivity (Wildman–Crippen MR) is 66.4 cm³/mol. The van der Waals surface area contributed by atoms with Gasteiger partial charge in [-0.05, 0) is 33.4 Å². The molecule has 2 aliphatic heterocycles. The van der Waals surface area contributed by atoms with E-state index in [1.54, 1.807) is 11.8 Å². The molecule has 0 bridgehead atoms. The molecule has 0 aromatic carbocycles. The van der Waals surface area contributed by atoms with Gasteiger partial charge in [0.1, 0.15) is 0 Å². The van der Waals surface area contributed by atoms with Crippen molar-refractivity contribution in [2.24, 2.45) is 5.41 Å². The fourth-order valence-electron chi connectivity index (χ4n) is 2.63. The quantitative estimate of drug-likeness (QED) is 0.739. The van der Waals surface area contributed by atoms with Crippen LogP contribution in [0.15, 0.2) is 0 Å². The molecule has 2 unspecified atom stereocenters. The van der Waals surface area contributed by atoms with Crippen LogP contribution in [0.5, 0.6) is 0 Å². The molecule has 0 saturated carbocycles. The van der Waals surface area contributed by atoms with Gasteiger partial charge < -0.3 is 20.2 Å². The van der Waals surface area contributed by atoms with E-state index < -0.39 is 11.4 Å². The van der Waals surface area contributed by atoms with Crippen molar-refractivity contribution in [1.29, 1.82) is 0 Å². The summed E-state index contributed by atoms with van der Waals surface area (Å²) in [5, 5.41) is 12.1. The molecule has 0 aromatic heterocycles. The molecule has 0 aliphatic carbocycles. The van der Waals surface area contributed by atoms with E-state index in [-0.39, 0.29) is 12.1 Å². The van der Waals surface area contributed by atoms with Gasteiger partial charge >= 0.3 is 12.0 Å². The molecule has 102 valence electrons. The van der Waals surface area contributed by atoms with Crippen LogP contribution in [0.25, 0.3) is 0 Å². The Bertz CT molecular complexity index is 360. The lowest BCUT2D eigenvalue weighted by molar-refractivity contribution is -0.146. The number of nitrogens with zero attached hydrogens (tertiary/aromatic N) is 2. The number of carbonyl (C=O) groups excluding carboxylic acids is 1. The highest BCUT2D eigenvalue weighted by Crippen LogP contribution is 2.30. The van der Waals surface area contributed by atoms with Crippen LogP contribution in [0, 0.1) is 5.41 Å². The lowest BCUT2D eigenvalue weighted by Crippen LogP contribution is -2.45. The Balaban J connectivity index is 1.86. The van der Waals surface area contributed by atoms with Crippen LogP contribution < -0.4 is 5.32 Å². The second-order valence-electron chi connectivity index (χ2n) is 5.73. The molecule has 2 aliphatic rings. The summed E-state index contributed by atoms with van der Waals surface area (Å²) in [6.45, 7) is 4.40. The van der Waals surface area contributed by atoms with Gasteiger partial charge in [-0.3, -0.25) is 4.79 Å². The third-order valence-corrected chi connectivity index (χ3v) is 4.00. The summed E-state index contributed by atoms with van der Waals surface area (Å²) < 4.78 is 0. The summed E-state index contributed by atoms with van der Waals surface area (Å²) in [5.41, 5.74) is -0.788. The van der Waals surface area contributed by atoms with Crippen LogP contribution >= 0.6 is 0 Å². The minimum atomic E-state index is -0.821. The van der Waals surface area contributed by atoms with Gasteiger partial charge in [0.2, 0.25) is 0 Å². The fourth-order valence-corrected chi connectivity index (χ4v) is 2.63. The maximum Gasteiger partial charge on any atom is 0.317 e. The van der Waals surface area contributed by atoms with Gasteiger partial charge in [-0.1, -0.05) is 0 Å². The van der Waals surface area contributed by atoms with Gasteiger partial charge in [-0.2, -0.15) is 0 Å². The molecule has 2 fully saturated rings. The Hall–Kier alpha value is -1.30. The van der Waals surface area contributed by atoms with Gasteiger partial charge in [0.25, 0.3) is 0 Å². The number of hydrogen-bond acceptors (Lipinski definition) is 3. The summed E-state index contributed by atoms with van der Waals surface area (Å²) in [5.74, 6) is -0.821. The molecule has 0 spiro atoms. The van der Waals surface area contributed by atoms with Crippen molar-refractivity contribution < 1.29 is 14.7 Å². The summed E-state index contributed by atoms with van der Waals surface area (Å²) >= 11 is 0. The first-order chi connectivity index (χ1) is 8.40. The van der Waals surface area contributed by atoms with Crippen LogP contribution in [0.1, 0.15) is 19.8 Å². The van der Waals surface area contributed by atoms with Gasteiger partial charge in [-0.25, -0.2) is 4.79 Å². The first kappa shape index (κ1) is 13.1. The predicted octanol–water partition coefficient (Wildman–Crippen LogP) is 0.197. The molecular weight excluding hydrogens is 234 g/mol. The largest absolute Gasteiger partial charge is 0.481 e. The van der Waals surface area contributed by atoms with E-state index in [1.165, 1.54) is 0 Å². The average Bonchev–Trinajstić information content (AvgIpc) is 2.86. The number of likely N-dealkylation sites (tertiary alicyclic amines) is 2. The molecule has 6 nitrogen and oxygen atoms in total. The van der Waals surface area contributed by atoms with Crippen LogP contribution in [0.3, 0.4) is 0 Å². The fraction of sp³-hybridized carbons (Fsp3) is 0.833. The number of nitrogens with one attached hydrogen (secondary N) is 1. The molecule has 0 aromatic rings. The van der Waals surface area contributed by atoms with Gasteiger partial charge in [0.15, 0.2) is 0 Å². The minimum absolute atomic E-state index is 0.125. The maximum atomic E-state index is 12.0. The van der Waals surface area contributed by atoms with Crippen molar-refractivity contribution in [3.63, 3.8) is 0 Å². The van der Waals surface area contributed by atoms with E-state index in [0.29, 0.717) is 19.5 Å². The highest BCUT2D eigenvalue weighted by molar-refractivity contribution is 5.79. The van der Waals surface area contributed by atoms with Gasteiger partial charge in [-0.15, -0.1) is 0 Å². The first-order valence-corrected chi connectivity index (χ1v) is 6.38. The SMILES string of the molecule is CN1CCC(NC(=O)N2CCC(C)(C(=O)O)C2)C1. The number of rotatable bonds is 2. The molecule has 6 heteroatoms. The highest BCUT2D eigenvalue weighted by atomic mass is 16.4. The van der Waals surface area contributed by atoms with Crippen molar-refractivity contribution in [2.75, 3.05) is 33.2 Å². The smallest absolute Gasteiger partial charge is 0.317 e. The standard InChI is InChI=1S/C12H21N3O3/c1-12(10(16)17)4-6-15(8-12)11(18)13-9-3-5-14(2)7-9/h9H,3-8H2,1-2H3,(H,13,18)(H,16,17). The van der Waals surface area contributed by atoms with Crippen LogP contribution in [-0.4, -0.2) is 66.2 Å². The number of carboxylic acid groups (broad SMARTS) is 1. The monoisotopic (exact) mass is 255 g/mol. The number of amides is 2. The average molecular weight is 255 g/mol. The summed E-state index contributed by atoms with van der Waals surface area (Å²) in [7, 11) is 2.03. The zero-order chi connectivity index (χ0) is 13.3. The van der Waals surface area contributed by atoms with E-state index in [1.807, 2.05) is 7.05 Å². The Morgan fingerprint density at radius 1 is 1.39 bits per heavy atom. The normalized spacial score (nSPS) is 32.8. The summed E-state index contributed by atoms with van der Waals surface area (Å²) in [6, 6.07) is 0.0689.